The van der Waals surface area contributed by atoms with Gasteiger partial charge in [-0.2, -0.15) is 0 Å². The fraction of sp³-hybridized carbons (Fsp3) is 0.375. The maximum absolute atomic E-state index is 12.6. The van der Waals surface area contributed by atoms with Crippen LogP contribution in [0.15, 0.2) is 48.5 Å². The minimum atomic E-state index is -0.997. The van der Waals surface area contributed by atoms with Gasteiger partial charge < -0.3 is 20.6 Å². The van der Waals surface area contributed by atoms with Crippen molar-refractivity contribution in [2.75, 3.05) is 18.4 Å². The zero-order valence-electron chi connectivity index (χ0n) is 18.1. The summed E-state index contributed by atoms with van der Waals surface area (Å²) in [6.07, 6.45) is 1.54. The number of hydrogen-bond acceptors (Lipinski definition) is 3. The van der Waals surface area contributed by atoms with E-state index in [0.29, 0.717) is 29.5 Å². The van der Waals surface area contributed by atoms with Gasteiger partial charge >= 0.3 is 5.97 Å². The number of carbonyl (C=O) groups excluding carboxylic acids is 1. The van der Waals surface area contributed by atoms with E-state index in [-0.39, 0.29) is 22.9 Å². The molecule has 0 radical (unpaired) electrons. The Kier molecular flexibility index (Phi) is 6.95. The van der Waals surface area contributed by atoms with Crippen LogP contribution < -0.4 is 10.6 Å². The number of nitrogens with zero attached hydrogens (tertiary/aromatic N) is 1. The van der Waals surface area contributed by atoms with Crippen molar-refractivity contribution in [1.29, 1.82) is 0 Å². The Morgan fingerprint density at radius 2 is 1.65 bits per heavy atom. The van der Waals surface area contributed by atoms with Gasteiger partial charge in [0.05, 0.1) is 11.3 Å². The Morgan fingerprint density at radius 1 is 1.03 bits per heavy atom. The highest BCUT2D eigenvalue weighted by Crippen LogP contribution is 2.22. The lowest BCUT2D eigenvalue weighted by molar-refractivity contribution is 0.0697. The molecule has 1 saturated heterocycles. The summed E-state index contributed by atoms with van der Waals surface area (Å²) in [4.78, 5) is 26.0. The largest absolute Gasteiger partial charge is 0.478 e. The summed E-state index contributed by atoms with van der Waals surface area (Å²) in [5.41, 5.74) is 2.58. The molecule has 3 rings (SSSR count). The molecule has 2 aromatic rings. The van der Waals surface area contributed by atoms with Crippen molar-refractivity contribution in [3.8, 4) is 0 Å². The molecule has 1 heterocycles. The van der Waals surface area contributed by atoms with E-state index in [1.165, 1.54) is 5.56 Å². The highest BCUT2D eigenvalue weighted by atomic mass is 32.1. The summed E-state index contributed by atoms with van der Waals surface area (Å²) >= 11 is 5.48. The second-order valence-corrected chi connectivity index (χ2v) is 9.23. The maximum atomic E-state index is 12.6. The molecule has 0 atom stereocenters. The molecule has 0 aromatic heterocycles. The van der Waals surface area contributed by atoms with Gasteiger partial charge in [0.1, 0.15) is 0 Å². The zero-order valence-corrected chi connectivity index (χ0v) is 19.0. The fourth-order valence-corrected chi connectivity index (χ4v) is 3.88. The summed E-state index contributed by atoms with van der Waals surface area (Å²) in [7, 11) is 0. The molecule has 164 valence electrons. The van der Waals surface area contributed by atoms with Crippen LogP contribution in [0.1, 0.15) is 59.9 Å². The number of hydrogen-bond donors (Lipinski definition) is 3. The molecule has 0 spiro atoms. The number of anilines is 1. The third-order valence-corrected chi connectivity index (χ3v) is 5.89. The van der Waals surface area contributed by atoms with Crippen molar-refractivity contribution in [3.05, 3.63) is 65.2 Å². The van der Waals surface area contributed by atoms with Crippen molar-refractivity contribution < 1.29 is 14.7 Å². The van der Waals surface area contributed by atoms with Crippen LogP contribution >= 0.6 is 12.2 Å². The van der Waals surface area contributed by atoms with Crippen LogP contribution in [0, 0.1) is 0 Å². The Bertz CT molecular complexity index is 959. The van der Waals surface area contributed by atoms with Gasteiger partial charge in [0.15, 0.2) is 5.11 Å². The van der Waals surface area contributed by atoms with Crippen molar-refractivity contribution in [3.63, 3.8) is 0 Å². The molecule has 0 unspecified atom stereocenters. The lowest BCUT2D eigenvalue weighted by Gasteiger charge is -2.34. The topological polar surface area (TPSA) is 81.7 Å². The smallest absolute Gasteiger partial charge is 0.337 e. The highest BCUT2D eigenvalue weighted by molar-refractivity contribution is 7.80. The third-order valence-electron chi connectivity index (χ3n) is 5.53. The standard InChI is InChI=1S/C24H29N3O3S/c1-24(2,3)17-10-8-16(9-11-17)21(28)25-18-12-14-27(15-13-18)23(31)26-20-7-5-4-6-19(20)22(29)30/h4-11,18H,12-15H2,1-3H3,(H,25,28)(H,26,31)(H,29,30). The maximum Gasteiger partial charge on any atom is 0.337 e. The first-order valence-corrected chi connectivity index (χ1v) is 10.9. The Balaban J connectivity index is 1.52. The van der Waals surface area contributed by atoms with Crippen molar-refractivity contribution in [2.45, 2.75) is 45.1 Å². The van der Waals surface area contributed by atoms with Gasteiger partial charge in [-0.05, 0) is 60.3 Å². The number of para-hydroxylation sites is 1. The van der Waals surface area contributed by atoms with Gasteiger partial charge in [-0.1, -0.05) is 45.0 Å². The predicted molar refractivity (Wildman–Crippen MR) is 127 cm³/mol. The van der Waals surface area contributed by atoms with Gasteiger partial charge in [0.25, 0.3) is 5.91 Å². The molecule has 6 nitrogen and oxygen atoms in total. The molecule has 1 fully saturated rings. The predicted octanol–water partition coefficient (Wildman–Crippen LogP) is 4.27. The Hall–Kier alpha value is -2.93. The number of thiocarbonyl (C=S) groups is 1. The van der Waals surface area contributed by atoms with E-state index in [4.69, 9.17) is 12.2 Å². The number of carbonyl (C=O) groups is 2. The van der Waals surface area contributed by atoms with Gasteiger partial charge in [-0.3, -0.25) is 4.79 Å². The molecule has 1 aliphatic rings. The number of carboxylic acid groups (broad SMARTS) is 1. The van der Waals surface area contributed by atoms with E-state index in [0.717, 1.165) is 12.8 Å². The molecule has 0 saturated carbocycles. The number of benzene rings is 2. The molecule has 1 aliphatic heterocycles. The molecule has 7 heteroatoms. The SMILES string of the molecule is CC(C)(C)c1ccc(C(=O)NC2CCN(C(=S)Nc3ccccc3C(=O)O)CC2)cc1. The zero-order chi connectivity index (χ0) is 22.6. The monoisotopic (exact) mass is 439 g/mol. The average Bonchev–Trinajstić information content (AvgIpc) is 2.74. The first-order chi connectivity index (χ1) is 14.6. The van der Waals surface area contributed by atoms with Crippen LogP contribution in [0.2, 0.25) is 0 Å². The number of piperidine rings is 1. The summed E-state index contributed by atoms with van der Waals surface area (Å²) in [6.45, 7) is 7.82. The van der Waals surface area contributed by atoms with Gasteiger partial charge in [0, 0.05) is 24.7 Å². The van der Waals surface area contributed by atoms with E-state index in [2.05, 4.69) is 31.4 Å². The van der Waals surface area contributed by atoms with Crippen LogP contribution in [0.4, 0.5) is 5.69 Å². The first kappa shape index (κ1) is 22.7. The summed E-state index contributed by atoms with van der Waals surface area (Å²) in [5, 5.41) is 16.0. The molecular formula is C24H29N3O3S. The number of carboxylic acids is 1. The van der Waals surface area contributed by atoms with E-state index in [1.807, 2.05) is 29.2 Å². The van der Waals surface area contributed by atoms with Crippen LogP contribution in [-0.2, 0) is 5.41 Å². The third kappa shape index (κ3) is 5.82. The van der Waals surface area contributed by atoms with Gasteiger partial charge in [-0.15, -0.1) is 0 Å². The lowest BCUT2D eigenvalue weighted by Crippen LogP contribution is -2.47. The highest BCUT2D eigenvalue weighted by Gasteiger charge is 2.23. The van der Waals surface area contributed by atoms with Crippen LogP contribution in [0.3, 0.4) is 0 Å². The minimum Gasteiger partial charge on any atom is -0.478 e. The number of nitrogens with one attached hydrogen (secondary N) is 2. The summed E-state index contributed by atoms with van der Waals surface area (Å²) in [5.74, 6) is -1.06. The van der Waals surface area contributed by atoms with Crippen molar-refractivity contribution in [2.24, 2.45) is 0 Å². The molecule has 0 aliphatic carbocycles. The summed E-state index contributed by atoms with van der Waals surface area (Å²) in [6, 6.07) is 14.6. The second-order valence-electron chi connectivity index (χ2n) is 8.84. The van der Waals surface area contributed by atoms with E-state index < -0.39 is 5.97 Å². The summed E-state index contributed by atoms with van der Waals surface area (Å²) < 4.78 is 0. The van der Waals surface area contributed by atoms with E-state index >= 15 is 0 Å². The van der Waals surface area contributed by atoms with Crippen molar-refractivity contribution in [1.82, 2.24) is 10.2 Å². The number of amides is 1. The minimum absolute atomic E-state index is 0.0548. The van der Waals surface area contributed by atoms with Crippen LogP contribution in [0.5, 0.6) is 0 Å². The Labute approximate surface area is 188 Å². The quantitative estimate of drug-likeness (QED) is 0.617. The van der Waals surface area contributed by atoms with Crippen LogP contribution in [0.25, 0.3) is 0 Å². The fourth-order valence-electron chi connectivity index (χ4n) is 3.59. The molecule has 1 amide bonds. The normalized spacial score (nSPS) is 14.7. The molecule has 3 N–H and O–H groups in total. The van der Waals surface area contributed by atoms with Gasteiger partial charge in [-0.25, -0.2) is 4.79 Å². The van der Waals surface area contributed by atoms with E-state index in [9.17, 15) is 14.7 Å². The lowest BCUT2D eigenvalue weighted by atomic mass is 9.86. The molecule has 31 heavy (non-hydrogen) atoms. The Morgan fingerprint density at radius 3 is 2.23 bits per heavy atom. The second kappa shape index (κ2) is 9.47. The van der Waals surface area contributed by atoms with Crippen LogP contribution in [-0.4, -0.2) is 46.1 Å². The first-order valence-electron chi connectivity index (χ1n) is 10.4. The number of rotatable bonds is 4. The molecule has 0 bridgehead atoms. The van der Waals surface area contributed by atoms with Gasteiger partial charge in [0.2, 0.25) is 0 Å². The number of aromatic carboxylic acids is 1. The molecule has 2 aromatic carbocycles. The average molecular weight is 440 g/mol. The van der Waals surface area contributed by atoms with E-state index in [1.54, 1.807) is 24.3 Å². The number of likely N-dealkylation sites (tertiary alicyclic amines) is 1. The molecular weight excluding hydrogens is 410 g/mol. The van der Waals surface area contributed by atoms with Crippen molar-refractivity contribution >= 4 is 34.9 Å².